The summed E-state index contributed by atoms with van der Waals surface area (Å²) in [7, 11) is 0. The Balaban J connectivity index is 0.944. The molecule has 96 heavy (non-hydrogen) atoms. The van der Waals surface area contributed by atoms with Gasteiger partial charge in [0.05, 0.1) is 72.9 Å². The van der Waals surface area contributed by atoms with E-state index in [2.05, 4.69) is 6.07 Å². The quantitative estimate of drug-likeness (QED) is 0.120. The Bertz CT molecular complexity index is 5380. The van der Waals surface area contributed by atoms with Crippen LogP contribution in [0.1, 0.15) is 16.7 Å². The van der Waals surface area contributed by atoms with Crippen LogP contribution in [-0.2, 0) is 12.4 Å². The van der Waals surface area contributed by atoms with Crippen molar-refractivity contribution in [2.45, 2.75) is 12.4 Å². The van der Waals surface area contributed by atoms with E-state index in [1.54, 1.807) is 33.9 Å². The van der Waals surface area contributed by atoms with Crippen LogP contribution in [0, 0.1) is 11.3 Å². The number of fused-ring (bicyclic) bond motifs is 6. The van der Waals surface area contributed by atoms with Crippen molar-refractivity contribution in [1.82, 2.24) is 29.1 Å². The summed E-state index contributed by atoms with van der Waals surface area (Å²) in [5, 5.41) is 14.3. The van der Waals surface area contributed by atoms with Crippen LogP contribution < -0.4 is 0 Å². The molecule has 0 spiro atoms. The minimum atomic E-state index is -5.29. The van der Waals surface area contributed by atoms with Crippen LogP contribution >= 0.6 is 0 Å². The molecule has 0 radical (unpaired) electrons. The molecule has 458 valence electrons. The third-order valence-electron chi connectivity index (χ3n) is 17.9. The molecule has 0 bridgehead atoms. The van der Waals surface area contributed by atoms with Gasteiger partial charge >= 0.3 is 12.4 Å². The summed E-state index contributed by atoms with van der Waals surface area (Å²) in [6, 6.07) is 84.7. The van der Waals surface area contributed by atoms with E-state index < -0.39 is 34.6 Å². The Hall–Kier alpha value is -12.5. The van der Waals surface area contributed by atoms with Crippen LogP contribution in [-0.4, -0.2) is 29.1 Å². The highest BCUT2D eigenvalue weighted by molar-refractivity contribution is 6.14. The lowest BCUT2D eigenvalue weighted by Crippen LogP contribution is -2.15. The van der Waals surface area contributed by atoms with E-state index in [0.29, 0.717) is 55.7 Å². The summed E-state index contributed by atoms with van der Waals surface area (Å²) in [6.45, 7) is 0. The minimum absolute atomic E-state index is 0.0300. The average molecular weight is 1260 g/mol. The second-order valence-corrected chi connectivity index (χ2v) is 23.5. The Labute approximate surface area is 546 Å². The van der Waals surface area contributed by atoms with Gasteiger partial charge in [-0.1, -0.05) is 176 Å². The van der Waals surface area contributed by atoms with E-state index in [1.807, 2.05) is 243 Å². The van der Waals surface area contributed by atoms with Crippen LogP contribution in [0.4, 0.5) is 26.3 Å². The first-order valence-electron chi connectivity index (χ1n) is 30.9. The first-order chi connectivity index (χ1) is 46.8. The number of halogens is 6. The summed E-state index contributed by atoms with van der Waals surface area (Å²) in [5.41, 5.74) is 10.4. The molecular formula is C83H49F6N7. The van der Waals surface area contributed by atoms with Crippen molar-refractivity contribution in [3.8, 4) is 118 Å². The molecule has 13 heteroatoms. The van der Waals surface area contributed by atoms with Gasteiger partial charge in [-0.3, -0.25) is 19.9 Å². The maximum absolute atomic E-state index is 16.0. The largest absolute Gasteiger partial charge is 0.417 e. The molecule has 0 aliphatic heterocycles. The highest BCUT2D eigenvalue weighted by Gasteiger charge is 2.42. The molecule has 0 unspecified atom stereocenters. The fraction of sp³-hybridized carbons (Fsp3) is 0.0241. The zero-order chi connectivity index (χ0) is 65.2. The zero-order valence-electron chi connectivity index (χ0n) is 50.7. The van der Waals surface area contributed by atoms with E-state index in [0.717, 1.165) is 95.6 Å². The van der Waals surface area contributed by atoms with Crippen molar-refractivity contribution in [3.63, 3.8) is 0 Å². The molecule has 0 N–H and O–H groups in total. The first-order valence-corrected chi connectivity index (χ1v) is 30.9. The van der Waals surface area contributed by atoms with Gasteiger partial charge in [0.25, 0.3) is 0 Å². The van der Waals surface area contributed by atoms with Gasteiger partial charge in [-0.05, 0) is 119 Å². The normalized spacial score (nSPS) is 11.8. The number of nitriles is 1. The summed E-state index contributed by atoms with van der Waals surface area (Å²) >= 11 is 0. The molecule has 16 aromatic rings. The van der Waals surface area contributed by atoms with E-state index in [9.17, 15) is 5.26 Å². The van der Waals surface area contributed by atoms with E-state index in [-0.39, 0.29) is 16.9 Å². The van der Waals surface area contributed by atoms with Crippen molar-refractivity contribution in [1.29, 1.82) is 5.26 Å². The summed E-state index contributed by atoms with van der Waals surface area (Å²) in [5.74, 6) is 0. The van der Waals surface area contributed by atoms with Gasteiger partial charge in [-0.2, -0.15) is 31.6 Å². The van der Waals surface area contributed by atoms with Crippen LogP contribution in [0.3, 0.4) is 0 Å². The average Bonchev–Trinajstić information content (AvgIpc) is 1.73. The second-order valence-electron chi connectivity index (χ2n) is 23.5. The number of hydrogen-bond acceptors (Lipinski definition) is 5. The van der Waals surface area contributed by atoms with Crippen LogP contribution in [0.25, 0.3) is 156 Å². The first kappa shape index (κ1) is 58.5. The number of benzene rings is 10. The van der Waals surface area contributed by atoms with Crippen molar-refractivity contribution in [2.75, 3.05) is 0 Å². The molecule has 0 aliphatic rings. The van der Waals surface area contributed by atoms with E-state index in [4.69, 9.17) is 19.9 Å². The Morgan fingerprint density at radius 1 is 0.281 bits per heavy atom. The van der Waals surface area contributed by atoms with Gasteiger partial charge < -0.3 is 9.13 Å². The van der Waals surface area contributed by atoms with Gasteiger partial charge in [-0.25, -0.2) is 0 Å². The van der Waals surface area contributed by atoms with E-state index >= 15 is 26.3 Å². The Morgan fingerprint density at radius 2 is 0.573 bits per heavy atom. The molecule has 7 nitrogen and oxygen atoms in total. The van der Waals surface area contributed by atoms with Gasteiger partial charge in [0.15, 0.2) is 0 Å². The van der Waals surface area contributed by atoms with Crippen molar-refractivity contribution in [2.24, 2.45) is 0 Å². The predicted octanol–water partition coefficient (Wildman–Crippen LogP) is 22.4. The van der Waals surface area contributed by atoms with Gasteiger partial charge in [-0.15, -0.1) is 0 Å². The Morgan fingerprint density at radius 3 is 0.844 bits per heavy atom. The molecule has 6 heterocycles. The highest BCUT2D eigenvalue weighted by atomic mass is 19.4. The molecule has 0 atom stereocenters. The molecule has 10 aromatic carbocycles. The highest BCUT2D eigenvalue weighted by Crippen LogP contribution is 2.50. The number of aromatic nitrogens is 6. The van der Waals surface area contributed by atoms with E-state index in [1.165, 1.54) is 12.1 Å². The smallest absolute Gasteiger partial charge is 0.309 e. The maximum Gasteiger partial charge on any atom is 0.417 e. The van der Waals surface area contributed by atoms with Crippen molar-refractivity contribution < 1.29 is 26.3 Å². The number of alkyl halides is 6. The molecule has 16 rings (SSSR count). The second kappa shape index (κ2) is 23.5. The molecular weight excluding hydrogens is 1210 g/mol. The molecule has 0 amide bonds. The molecule has 0 saturated heterocycles. The molecule has 0 aliphatic carbocycles. The lowest BCUT2D eigenvalue weighted by molar-refractivity contribution is -0.142. The van der Waals surface area contributed by atoms with Gasteiger partial charge in [0.2, 0.25) is 0 Å². The monoisotopic (exact) mass is 1260 g/mol. The number of nitrogens with zero attached hydrogens (tertiary/aromatic N) is 7. The number of pyridine rings is 4. The Kier molecular flexibility index (Phi) is 14.4. The molecule has 0 fully saturated rings. The van der Waals surface area contributed by atoms with Crippen molar-refractivity contribution in [3.05, 3.63) is 314 Å². The summed E-state index contributed by atoms with van der Waals surface area (Å²) in [4.78, 5) is 19.3. The minimum Gasteiger partial charge on any atom is -0.309 e. The molecule has 0 saturated carbocycles. The van der Waals surface area contributed by atoms with Crippen LogP contribution in [0.5, 0.6) is 0 Å². The third kappa shape index (κ3) is 10.6. The fourth-order valence-corrected chi connectivity index (χ4v) is 13.2. The maximum atomic E-state index is 16.0. The van der Waals surface area contributed by atoms with Crippen LogP contribution in [0.15, 0.2) is 298 Å². The number of rotatable bonds is 11. The lowest BCUT2D eigenvalue weighted by atomic mass is 9.90. The van der Waals surface area contributed by atoms with Gasteiger partial charge in [0, 0.05) is 102 Å². The fourth-order valence-electron chi connectivity index (χ4n) is 13.2. The number of hydrogen-bond donors (Lipinski definition) is 0. The SMILES string of the molecule is N#Cc1cc(-n2c3ccc(-c4ccc(-c5ccccc5)nc4)cc3c3cc(-c4ccc(-c5ccccc5)nc4)ccc32)c(-c2c(C(F)(F)F)cccc2C(F)(F)F)cc1-n1c2ccc(-c3ccc(-c4ccccc4)nc3)cc2c2cc(-c3ccc(-c4ccccc4)nc3)ccc21. The van der Waals surface area contributed by atoms with Crippen LogP contribution in [0.2, 0.25) is 0 Å². The topological polar surface area (TPSA) is 85.2 Å². The molecule has 6 aromatic heterocycles. The van der Waals surface area contributed by atoms with Crippen molar-refractivity contribution >= 4 is 43.6 Å². The predicted molar refractivity (Wildman–Crippen MR) is 370 cm³/mol. The van der Waals surface area contributed by atoms with Gasteiger partial charge in [0.1, 0.15) is 6.07 Å². The summed E-state index contributed by atoms with van der Waals surface area (Å²) < 4.78 is 99.4. The summed E-state index contributed by atoms with van der Waals surface area (Å²) in [6.07, 6.45) is -3.45. The zero-order valence-corrected chi connectivity index (χ0v) is 50.7. The lowest BCUT2D eigenvalue weighted by Gasteiger charge is -2.24. The third-order valence-corrected chi connectivity index (χ3v) is 17.9. The standard InChI is InChI=1S/C83H49F6N7/c84-82(85,86)69-22-13-23-70(83(87,88)89)81(69)68-45-79(95-75-36-28-55(59-24-32-71(91-47-59)51-14-5-1-6-15-51)40-64(75)65-41-56(29-37-76(65)95)60-25-33-72(92-48-60)52-16-7-2-8-17-52)63(46-90)44-80(68)96-77-38-30-57(61-26-34-73(93-49-61)53-18-9-3-10-19-53)42-66(77)67-43-58(31-39-78(67)96)62-27-35-74(94-50-62)54-20-11-4-12-21-54/h1-45,47-50H.